The molecule has 0 aliphatic rings. The zero-order valence-electron chi connectivity index (χ0n) is 10.8. The van der Waals surface area contributed by atoms with Gasteiger partial charge in [-0.15, -0.1) is 0 Å². The van der Waals surface area contributed by atoms with Crippen LogP contribution < -0.4 is 5.63 Å². The van der Waals surface area contributed by atoms with Gasteiger partial charge < -0.3 is 4.42 Å². The maximum absolute atomic E-state index is 12.3. The molecule has 0 fully saturated rings. The minimum Gasteiger partial charge on any atom is -0.421 e. The summed E-state index contributed by atoms with van der Waals surface area (Å²) in [5.74, 6) is -0.519. The van der Waals surface area contributed by atoms with E-state index in [2.05, 4.69) is 37.0 Å². The van der Waals surface area contributed by atoms with Crippen molar-refractivity contribution in [2.75, 3.05) is 0 Å². The van der Waals surface area contributed by atoms with Crippen LogP contribution in [0.4, 0.5) is 0 Å². The van der Waals surface area contributed by atoms with Crippen LogP contribution in [0, 0.1) is 6.92 Å². The van der Waals surface area contributed by atoms with Crippen LogP contribution in [0.1, 0.15) is 16.1 Å². The Balaban J connectivity index is 2.22. The van der Waals surface area contributed by atoms with Gasteiger partial charge in [0.2, 0.25) is 0 Å². The molecule has 7 heteroatoms. The van der Waals surface area contributed by atoms with Crippen molar-refractivity contribution in [3.05, 3.63) is 61.1 Å². The zero-order chi connectivity index (χ0) is 15.1. The second kappa shape index (κ2) is 5.23. The summed E-state index contributed by atoms with van der Waals surface area (Å²) in [6.07, 6.45) is 1.51. The van der Waals surface area contributed by atoms with Gasteiger partial charge in [0.15, 0.2) is 5.58 Å². The highest BCUT2D eigenvalue weighted by Gasteiger charge is 2.17. The lowest BCUT2D eigenvalue weighted by molar-refractivity contribution is 0.0941. The van der Waals surface area contributed by atoms with Gasteiger partial charge in [0.05, 0.1) is 10.2 Å². The minimum absolute atomic E-state index is 0.0596. The maximum Gasteiger partial charge on any atom is 0.349 e. The van der Waals surface area contributed by atoms with Crippen molar-refractivity contribution in [3.8, 4) is 0 Å². The Labute approximate surface area is 135 Å². The van der Waals surface area contributed by atoms with E-state index in [0.717, 1.165) is 9.15 Å². The minimum atomic E-state index is -0.691. The zero-order valence-corrected chi connectivity index (χ0v) is 13.9. The Morgan fingerprint density at radius 1 is 1.29 bits per heavy atom. The summed E-state index contributed by atoms with van der Waals surface area (Å²) < 4.78 is 7.81. The van der Waals surface area contributed by atoms with E-state index in [1.807, 2.05) is 0 Å². The topological polar surface area (TPSA) is 65.1 Å². The van der Waals surface area contributed by atoms with Crippen molar-refractivity contribution in [1.82, 2.24) is 9.78 Å². The van der Waals surface area contributed by atoms with Crippen LogP contribution in [0.15, 0.2) is 48.6 Å². The number of rotatable bonds is 1. The average molecular weight is 412 g/mol. The van der Waals surface area contributed by atoms with Gasteiger partial charge in [-0.25, -0.2) is 9.48 Å². The quantitative estimate of drug-likeness (QED) is 0.574. The van der Waals surface area contributed by atoms with Gasteiger partial charge in [-0.3, -0.25) is 4.79 Å². The smallest absolute Gasteiger partial charge is 0.349 e. The van der Waals surface area contributed by atoms with Crippen molar-refractivity contribution >= 4 is 48.7 Å². The molecule has 5 nitrogen and oxygen atoms in total. The van der Waals surface area contributed by atoms with E-state index in [9.17, 15) is 9.59 Å². The molecule has 0 bridgehead atoms. The molecule has 0 aliphatic carbocycles. The van der Waals surface area contributed by atoms with Gasteiger partial charge in [0.1, 0.15) is 5.56 Å². The predicted molar refractivity (Wildman–Crippen MR) is 84.6 cm³/mol. The second-order valence-corrected chi connectivity index (χ2v) is 6.23. The molecular formula is C14H8Br2N2O3. The lowest BCUT2D eigenvalue weighted by atomic mass is 10.2. The van der Waals surface area contributed by atoms with E-state index < -0.39 is 11.5 Å². The molecule has 1 aromatic carbocycles. The number of benzene rings is 1. The number of carbonyl (C=O) groups excluding carboxylic acids is 1. The number of aryl methyl sites for hydroxylation is 1. The fraction of sp³-hybridized carbons (Fsp3) is 0.0714. The van der Waals surface area contributed by atoms with Crippen LogP contribution in [0.5, 0.6) is 0 Å². The first-order valence-corrected chi connectivity index (χ1v) is 7.54. The van der Waals surface area contributed by atoms with Crippen molar-refractivity contribution < 1.29 is 9.21 Å². The third-order valence-electron chi connectivity index (χ3n) is 2.91. The van der Waals surface area contributed by atoms with Crippen LogP contribution in [0.25, 0.3) is 11.0 Å². The normalized spacial score (nSPS) is 11.0. The highest BCUT2D eigenvalue weighted by molar-refractivity contribution is 9.11. The molecule has 106 valence electrons. The molecule has 0 unspecified atom stereocenters. The van der Waals surface area contributed by atoms with E-state index in [-0.39, 0.29) is 5.56 Å². The number of halogens is 2. The number of hydrogen-bond acceptors (Lipinski definition) is 4. The maximum atomic E-state index is 12.3. The first-order valence-electron chi connectivity index (χ1n) is 5.95. The molecule has 2 aromatic heterocycles. The standard InChI is InChI=1S/C14H8Br2N2O3/c1-7-2-3-18(17-7)13(19)10-5-8-4-9(15)6-11(16)12(8)21-14(10)20/h2-6H,1H3. The molecule has 0 aliphatic heterocycles. The second-order valence-electron chi connectivity index (χ2n) is 4.46. The molecule has 3 rings (SSSR count). The number of carbonyl (C=O) groups is 1. The third kappa shape index (κ3) is 2.58. The molecular weight excluding hydrogens is 404 g/mol. The molecule has 0 saturated heterocycles. The lowest BCUT2D eigenvalue weighted by Crippen LogP contribution is -2.21. The van der Waals surface area contributed by atoms with Gasteiger partial charge in [-0.05, 0) is 47.1 Å². The van der Waals surface area contributed by atoms with E-state index in [4.69, 9.17) is 4.42 Å². The van der Waals surface area contributed by atoms with E-state index in [1.165, 1.54) is 12.3 Å². The summed E-state index contributed by atoms with van der Waals surface area (Å²) >= 11 is 6.69. The van der Waals surface area contributed by atoms with Gasteiger partial charge >= 0.3 is 5.63 Å². The summed E-state index contributed by atoms with van der Waals surface area (Å²) in [5, 5.41) is 4.65. The van der Waals surface area contributed by atoms with Crippen LogP contribution in [-0.2, 0) is 0 Å². The van der Waals surface area contributed by atoms with Crippen LogP contribution in [0.2, 0.25) is 0 Å². The number of aromatic nitrogens is 2. The SMILES string of the molecule is Cc1ccn(C(=O)c2cc3cc(Br)cc(Br)c3oc2=O)n1. The van der Waals surface area contributed by atoms with Crippen molar-refractivity contribution in [1.29, 1.82) is 0 Å². The molecule has 0 saturated carbocycles. The fourth-order valence-electron chi connectivity index (χ4n) is 1.96. The molecule has 0 N–H and O–H groups in total. The molecule has 0 spiro atoms. The average Bonchev–Trinajstić information content (AvgIpc) is 2.85. The molecule has 21 heavy (non-hydrogen) atoms. The fourth-order valence-corrected chi connectivity index (χ4v) is 3.30. The van der Waals surface area contributed by atoms with Crippen LogP contribution >= 0.6 is 31.9 Å². The largest absolute Gasteiger partial charge is 0.421 e. The highest BCUT2D eigenvalue weighted by atomic mass is 79.9. The van der Waals surface area contributed by atoms with Gasteiger partial charge in [-0.2, -0.15) is 5.10 Å². The Bertz CT molecular complexity index is 928. The van der Waals surface area contributed by atoms with Gasteiger partial charge in [0.25, 0.3) is 5.91 Å². The summed E-state index contributed by atoms with van der Waals surface area (Å²) in [4.78, 5) is 24.3. The Morgan fingerprint density at radius 2 is 2.05 bits per heavy atom. The predicted octanol–water partition coefficient (Wildman–Crippen LogP) is 3.51. The number of fused-ring (bicyclic) bond motifs is 1. The van der Waals surface area contributed by atoms with Crippen molar-refractivity contribution in [2.24, 2.45) is 0 Å². The molecule has 0 amide bonds. The van der Waals surface area contributed by atoms with E-state index in [1.54, 1.807) is 25.1 Å². The monoisotopic (exact) mass is 410 g/mol. The summed E-state index contributed by atoms with van der Waals surface area (Å²) in [6.45, 7) is 1.76. The molecule has 2 heterocycles. The Kier molecular flexibility index (Phi) is 3.54. The van der Waals surface area contributed by atoms with Gasteiger partial charge in [-0.1, -0.05) is 15.9 Å². The summed E-state index contributed by atoms with van der Waals surface area (Å²) in [6, 6.07) is 6.74. The van der Waals surface area contributed by atoms with E-state index >= 15 is 0 Å². The van der Waals surface area contributed by atoms with Crippen molar-refractivity contribution in [2.45, 2.75) is 6.92 Å². The van der Waals surface area contributed by atoms with E-state index in [0.29, 0.717) is 21.1 Å². The number of nitrogens with zero attached hydrogens (tertiary/aromatic N) is 2. The lowest BCUT2D eigenvalue weighted by Gasteiger charge is -2.04. The first kappa shape index (κ1) is 14.2. The van der Waals surface area contributed by atoms with Gasteiger partial charge in [0, 0.05) is 16.1 Å². The molecule has 3 aromatic rings. The van der Waals surface area contributed by atoms with Crippen LogP contribution in [-0.4, -0.2) is 15.7 Å². The Morgan fingerprint density at radius 3 is 2.71 bits per heavy atom. The molecule has 0 atom stereocenters. The van der Waals surface area contributed by atoms with Crippen LogP contribution in [0.3, 0.4) is 0 Å². The summed E-state index contributed by atoms with van der Waals surface area (Å²) in [7, 11) is 0. The summed E-state index contributed by atoms with van der Waals surface area (Å²) in [5.41, 5.74) is 0.342. The first-order chi connectivity index (χ1) is 9.95. The molecule has 0 radical (unpaired) electrons. The third-order valence-corrected chi connectivity index (χ3v) is 3.96. The van der Waals surface area contributed by atoms with Crippen molar-refractivity contribution in [3.63, 3.8) is 0 Å². The highest BCUT2D eigenvalue weighted by Crippen LogP contribution is 2.28. The Hall–Kier alpha value is -1.73. The number of hydrogen-bond donors (Lipinski definition) is 0.